The minimum absolute atomic E-state index is 0.0845. The van der Waals surface area contributed by atoms with Gasteiger partial charge in [-0.15, -0.1) is 5.10 Å². The number of thioether (sulfide) groups is 1. The molecule has 0 saturated heterocycles. The summed E-state index contributed by atoms with van der Waals surface area (Å²) >= 11 is 1.37. The van der Waals surface area contributed by atoms with Gasteiger partial charge in [-0.25, -0.2) is 0 Å². The maximum atomic E-state index is 10.5. The number of non-ortho nitro benzene ring substituents is 1. The minimum atomic E-state index is -0.418. The molecule has 0 aliphatic carbocycles. The number of hydrogen-bond donors (Lipinski definition) is 2. The highest BCUT2D eigenvalue weighted by molar-refractivity contribution is 8.13. The van der Waals surface area contributed by atoms with Gasteiger partial charge in [-0.2, -0.15) is 0 Å². The molecule has 8 heteroatoms. The summed E-state index contributed by atoms with van der Waals surface area (Å²) in [6.07, 6.45) is 1.96. The van der Waals surface area contributed by atoms with Crippen molar-refractivity contribution in [2.45, 2.75) is 18.6 Å². The largest absolute Gasteiger partial charge is 0.377 e. The number of nitro groups is 1. The van der Waals surface area contributed by atoms with Crippen LogP contribution in [0.4, 0.5) is 5.69 Å². The molecule has 1 aliphatic rings. The zero-order valence-electron chi connectivity index (χ0n) is 10.8. The minimum Gasteiger partial charge on any atom is -0.377 e. The maximum absolute atomic E-state index is 10.5. The molecule has 2 rings (SSSR count). The van der Waals surface area contributed by atoms with Crippen molar-refractivity contribution in [1.82, 2.24) is 5.43 Å². The Morgan fingerprint density at radius 2 is 2.25 bits per heavy atom. The van der Waals surface area contributed by atoms with Crippen LogP contribution in [0.2, 0.25) is 0 Å². The first-order valence-electron chi connectivity index (χ1n) is 6.14. The van der Waals surface area contributed by atoms with E-state index in [1.54, 1.807) is 12.1 Å². The molecule has 0 bridgehead atoms. The molecule has 0 fully saturated rings. The van der Waals surface area contributed by atoms with E-state index in [1.165, 1.54) is 23.9 Å². The normalized spacial score (nSPS) is 15.0. The van der Waals surface area contributed by atoms with Crippen LogP contribution in [0.3, 0.4) is 0 Å². The first-order valence-corrected chi connectivity index (χ1v) is 7.12. The summed E-state index contributed by atoms with van der Waals surface area (Å²) in [6.45, 7) is 0.841. The molecule has 1 heterocycles. The summed E-state index contributed by atoms with van der Waals surface area (Å²) in [4.78, 5) is 14.3. The summed E-state index contributed by atoms with van der Waals surface area (Å²) in [6, 6.07) is 6.39. The molecule has 0 aromatic heterocycles. The Balaban J connectivity index is 1.81. The molecule has 1 aromatic rings. The molecule has 3 N–H and O–H groups in total. The average molecular weight is 293 g/mol. The van der Waals surface area contributed by atoms with Crippen LogP contribution in [0, 0.1) is 10.1 Å². The van der Waals surface area contributed by atoms with Crippen molar-refractivity contribution in [3.8, 4) is 0 Å². The number of nitro benzene ring substituents is 1. The van der Waals surface area contributed by atoms with E-state index in [0.717, 1.165) is 30.8 Å². The van der Waals surface area contributed by atoms with E-state index < -0.39 is 4.92 Å². The molecule has 0 spiro atoms. The summed E-state index contributed by atoms with van der Waals surface area (Å²) in [5.74, 6) is 1.48. The van der Waals surface area contributed by atoms with Gasteiger partial charge in [0.25, 0.3) is 5.69 Å². The van der Waals surface area contributed by atoms with E-state index in [-0.39, 0.29) is 5.69 Å². The number of nitrogens with zero attached hydrogens (tertiary/aromatic N) is 3. The third-order valence-electron chi connectivity index (χ3n) is 2.70. The number of nitrogens with one attached hydrogen (secondary N) is 1. The SMILES string of the molecule is N/C(=N/NC1=NCCC1)SCc1ccc([N+](=O)[O-])cc1. The molecule has 0 radical (unpaired) electrons. The standard InChI is InChI=1S/C12H15N5O2S/c13-12(16-15-11-2-1-7-14-11)20-8-9-3-5-10(6-4-9)17(18)19/h3-6H,1-2,7-8H2,(H2,13,16)(H,14,15). The van der Waals surface area contributed by atoms with Crippen molar-refractivity contribution in [2.24, 2.45) is 15.8 Å². The van der Waals surface area contributed by atoms with Crippen molar-refractivity contribution in [1.29, 1.82) is 0 Å². The first-order chi connectivity index (χ1) is 9.65. The molecule has 1 aromatic carbocycles. The fourth-order valence-electron chi connectivity index (χ4n) is 1.65. The van der Waals surface area contributed by atoms with E-state index in [2.05, 4.69) is 15.5 Å². The second kappa shape index (κ2) is 6.90. The molecule has 0 atom stereocenters. The number of rotatable bonds is 4. The summed E-state index contributed by atoms with van der Waals surface area (Å²) < 4.78 is 0. The van der Waals surface area contributed by atoms with E-state index >= 15 is 0 Å². The summed E-state index contributed by atoms with van der Waals surface area (Å²) in [5, 5.41) is 15.0. The summed E-state index contributed by atoms with van der Waals surface area (Å²) in [5.41, 5.74) is 9.65. The van der Waals surface area contributed by atoms with Crippen molar-refractivity contribution in [3.05, 3.63) is 39.9 Å². The fraction of sp³-hybridized carbons (Fsp3) is 0.333. The Labute approximate surface area is 120 Å². The number of benzene rings is 1. The van der Waals surface area contributed by atoms with Crippen molar-refractivity contribution >= 4 is 28.5 Å². The first kappa shape index (κ1) is 14.3. The lowest BCUT2D eigenvalue weighted by molar-refractivity contribution is -0.384. The molecular weight excluding hydrogens is 278 g/mol. The average Bonchev–Trinajstić information content (AvgIpc) is 2.96. The zero-order valence-corrected chi connectivity index (χ0v) is 11.6. The second-order valence-electron chi connectivity index (χ2n) is 4.21. The highest BCUT2D eigenvalue weighted by atomic mass is 32.2. The molecule has 0 saturated carbocycles. The predicted molar refractivity (Wildman–Crippen MR) is 80.7 cm³/mol. The number of nitrogens with two attached hydrogens (primary N) is 1. The molecule has 20 heavy (non-hydrogen) atoms. The van der Waals surface area contributed by atoms with Crippen LogP contribution in [0.5, 0.6) is 0 Å². The molecule has 1 aliphatic heterocycles. The van der Waals surface area contributed by atoms with Gasteiger partial charge in [0.05, 0.1) is 4.92 Å². The van der Waals surface area contributed by atoms with Crippen LogP contribution < -0.4 is 11.2 Å². The third kappa shape index (κ3) is 4.23. The van der Waals surface area contributed by atoms with Gasteiger partial charge >= 0.3 is 0 Å². The predicted octanol–water partition coefficient (Wildman–Crippen LogP) is 1.84. The van der Waals surface area contributed by atoms with Gasteiger partial charge in [-0.3, -0.25) is 20.5 Å². The third-order valence-corrected chi connectivity index (χ3v) is 3.57. The second-order valence-corrected chi connectivity index (χ2v) is 5.20. The molecule has 0 unspecified atom stereocenters. The Bertz CT molecular complexity index is 541. The van der Waals surface area contributed by atoms with E-state index in [0.29, 0.717) is 10.9 Å². The van der Waals surface area contributed by atoms with Gasteiger partial charge in [0.2, 0.25) is 0 Å². The van der Waals surface area contributed by atoms with Gasteiger partial charge < -0.3 is 5.73 Å². The van der Waals surface area contributed by atoms with E-state index in [1.807, 2.05) is 0 Å². The molecule has 106 valence electrons. The topological polar surface area (TPSA) is 106 Å². The van der Waals surface area contributed by atoms with Gasteiger partial charge in [-0.1, -0.05) is 23.9 Å². The molecular formula is C12H15N5O2S. The smallest absolute Gasteiger partial charge is 0.269 e. The van der Waals surface area contributed by atoms with Gasteiger partial charge in [-0.05, 0) is 12.0 Å². The van der Waals surface area contributed by atoms with Crippen LogP contribution in [0.15, 0.2) is 34.4 Å². The van der Waals surface area contributed by atoms with Crippen molar-refractivity contribution in [2.75, 3.05) is 6.54 Å². The number of amidine groups is 2. The maximum Gasteiger partial charge on any atom is 0.269 e. The van der Waals surface area contributed by atoms with Crippen molar-refractivity contribution in [3.63, 3.8) is 0 Å². The Morgan fingerprint density at radius 1 is 1.50 bits per heavy atom. The quantitative estimate of drug-likeness (QED) is 0.381. The molecule has 7 nitrogen and oxygen atoms in total. The highest BCUT2D eigenvalue weighted by Gasteiger charge is 2.06. The fourth-order valence-corrected chi connectivity index (χ4v) is 2.27. The Kier molecular flexibility index (Phi) is 4.94. The number of hydrogen-bond acceptors (Lipinski definition) is 6. The van der Waals surface area contributed by atoms with Crippen LogP contribution in [-0.2, 0) is 5.75 Å². The zero-order chi connectivity index (χ0) is 14.4. The number of aliphatic imine (C=N–C) groups is 1. The lowest BCUT2D eigenvalue weighted by Crippen LogP contribution is -2.20. The monoisotopic (exact) mass is 293 g/mol. The van der Waals surface area contributed by atoms with Gasteiger partial charge in [0, 0.05) is 30.9 Å². The lowest BCUT2D eigenvalue weighted by Gasteiger charge is -2.03. The van der Waals surface area contributed by atoms with E-state index in [4.69, 9.17) is 5.73 Å². The van der Waals surface area contributed by atoms with Crippen LogP contribution in [0.25, 0.3) is 0 Å². The van der Waals surface area contributed by atoms with Gasteiger partial charge in [0.15, 0.2) is 5.17 Å². The van der Waals surface area contributed by atoms with Crippen molar-refractivity contribution < 1.29 is 4.92 Å². The van der Waals surface area contributed by atoms with Gasteiger partial charge in [0.1, 0.15) is 5.84 Å². The van der Waals surface area contributed by atoms with E-state index in [9.17, 15) is 10.1 Å². The number of hydrazone groups is 1. The lowest BCUT2D eigenvalue weighted by atomic mass is 10.2. The Morgan fingerprint density at radius 3 is 2.85 bits per heavy atom. The summed E-state index contributed by atoms with van der Waals surface area (Å²) in [7, 11) is 0. The van der Waals surface area contributed by atoms with Crippen LogP contribution >= 0.6 is 11.8 Å². The van der Waals surface area contributed by atoms with Crippen LogP contribution in [0.1, 0.15) is 18.4 Å². The molecule has 0 amide bonds. The highest BCUT2D eigenvalue weighted by Crippen LogP contribution is 2.16. The Hall–Kier alpha value is -2.09. The van der Waals surface area contributed by atoms with Crippen LogP contribution in [-0.4, -0.2) is 22.5 Å².